The Labute approximate surface area is 91.9 Å². The average Bonchev–Trinajstić information content (AvgIpc) is 2.63. The van der Waals surface area contributed by atoms with Gasteiger partial charge in [-0.1, -0.05) is 24.6 Å². The van der Waals surface area contributed by atoms with E-state index in [2.05, 4.69) is 12.3 Å². The van der Waals surface area contributed by atoms with Gasteiger partial charge in [0.25, 0.3) is 0 Å². The molecular formula is C11H11ClOS. The number of halogens is 1. The second-order valence-corrected chi connectivity index (χ2v) is 4.47. The lowest BCUT2D eigenvalue weighted by Crippen LogP contribution is -1.87. The van der Waals surface area contributed by atoms with Crippen molar-refractivity contribution in [3.8, 4) is 0 Å². The van der Waals surface area contributed by atoms with Crippen LogP contribution in [0.25, 0.3) is 10.1 Å². The minimum absolute atomic E-state index is 0.0808. The zero-order chi connectivity index (χ0) is 10.1. The SMILES string of the molecule is CCc1csc2c(Cl)ccc(CO)c12. The molecule has 0 radical (unpaired) electrons. The van der Waals surface area contributed by atoms with Gasteiger partial charge in [0.2, 0.25) is 0 Å². The second-order valence-electron chi connectivity index (χ2n) is 3.18. The second kappa shape index (κ2) is 3.89. The molecule has 0 fully saturated rings. The van der Waals surface area contributed by atoms with Gasteiger partial charge >= 0.3 is 0 Å². The molecule has 0 aliphatic rings. The summed E-state index contributed by atoms with van der Waals surface area (Å²) < 4.78 is 1.09. The molecule has 1 aromatic heterocycles. The van der Waals surface area contributed by atoms with Gasteiger partial charge in [-0.15, -0.1) is 11.3 Å². The van der Waals surface area contributed by atoms with Gasteiger partial charge in [-0.3, -0.25) is 0 Å². The molecule has 1 aromatic carbocycles. The number of aliphatic hydroxyl groups is 1. The van der Waals surface area contributed by atoms with Crippen LogP contribution in [0.15, 0.2) is 17.5 Å². The molecule has 3 heteroatoms. The maximum Gasteiger partial charge on any atom is 0.0688 e. The molecule has 0 spiro atoms. The molecule has 0 unspecified atom stereocenters. The van der Waals surface area contributed by atoms with Crippen molar-refractivity contribution in [3.05, 3.63) is 33.7 Å². The van der Waals surface area contributed by atoms with Gasteiger partial charge in [0.05, 0.1) is 16.3 Å². The predicted molar refractivity (Wildman–Crippen MR) is 62.1 cm³/mol. The normalized spacial score (nSPS) is 11.1. The first-order chi connectivity index (χ1) is 6.77. The number of thiophene rings is 1. The molecule has 74 valence electrons. The summed E-state index contributed by atoms with van der Waals surface area (Å²) in [6.45, 7) is 2.20. The van der Waals surface area contributed by atoms with Crippen LogP contribution in [0.5, 0.6) is 0 Å². The Morgan fingerprint density at radius 3 is 2.79 bits per heavy atom. The Bertz CT molecular complexity index is 462. The van der Waals surface area contributed by atoms with Crippen LogP contribution in [0.3, 0.4) is 0 Å². The highest BCUT2D eigenvalue weighted by atomic mass is 35.5. The van der Waals surface area contributed by atoms with E-state index in [1.54, 1.807) is 11.3 Å². The standard InChI is InChI=1S/C11H11ClOS/c1-2-7-6-14-11-9(12)4-3-8(5-13)10(7)11/h3-4,6,13H,2,5H2,1H3. The Morgan fingerprint density at radius 2 is 2.14 bits per heavy atom. The third-order valence-corrected chi connectivity index (χ3v) is 3.88. The van der Waals surface area contributed by atoms with Gasteiger partial charge in [-0.05, 0) is 29.0 Å². The number of aryl methyl sites for hydroxylation is 1. The lowest BCUT2D eigenvalue weighted by Gasteiger charge is -2.03. The minimum Gasteiger partial charge on any atom is -0.392 e. The van der Waals surface area contributed by atoms with Crippen molar-refractivity contribution >= 4 is 33.0 Å². The molecule has 0 saturated carbocycles. The fourth-order valence-electron chi connectivity index (χ4n) is 1.65. The fraction of sp³-hybridized carbons (Fsp3) is 0.273. The van der Waals surface area contributed by atoms with Crippen LogP contribution in [0, 0.1) is 0 Å². The summed E-state index contributed by atoms with van der Waals surface area (Å²) in [6.07, 6.45) is 0.980. The average molecular weight is 227 g/mol. The monoisotopic (exact) mass is 226 g/mol. The van der Waals surface area contributed by atoms with Crippen LogP contribution in [0.2, 0.25) is 5.02 Å². The third-order valence-electron chi connectivity index (χ3n) is 2.39. The number of hydrogen-bond acceptors (Lipinski definition) is 2. The smallest absolute Gasteiger partial charge is 0.0688 e. The Balaban J connectivity index is 2.82. The Hall–Kier alpha value is -0.570. The molecule has 0 bridgehead atoms. The molecule has 0 saturated heterocycles. The van der Waals surface area contributed by atoms with Crippen molar-refractivity contribution in [2.45, 2.75) is 20.0 Å². The van der Waals surface area contributed by atoms with Crippen LogP contribution in [0.4, 0.5) is 0 Å². The lowest BCUT2D eigenvalue weighted by molar-refractivity contribution is 0.283. The highest BCUT2D eigenvalue weighted by Crippen LogP contribution is 2.34. The van der Waals surface area contributed by atoms with E-state index in [0.29, 0.717) is 0 Å². The number of rotatable bonds is 2. The van der Waals surface area contributed by atoms with Gasteiger partial charge in [-0.2, -0.15) is 0 Å². The summed E-state index contributed by atoms with van der Waals surface area (Å²) in [5, 5.41) is 13.3. The number of aliphatic hydroxyl groups excluding tert-OH is 1. The lowest BCUT2D eigenvalue weighted by atomic mass is 10.1. The summed E-state index contributed by atoms with van der Waals surface area (Å²) in [6, 6.07) is 3.75. The van der Waals surface area contributed by atoms with Crippen LogP contribution < -0.4 is 0 Å². The van der Waals surface area contributed by atoms with Crippen molar-refractivity contribution in [2.24, 2.45) is 0 Å². The van der Waals surface area contributed by atoms with Crippen molar-refractivity contribution in [1.82, 2.24) is 0 Å². The quantitative estimate of drug-likeness (QED) is 0.830. The van der Waals surface area contributed by atoms with Crippen molar-refractivity contribution in [2.75, 3.05) is 0 Å². The minimum atomic E-state index is 0.0808. The van der Waals surface area contributed by atoms with Gasteiger partial charge < -0.3 is 5.11 Å². The van der Waals surface area contributed by atoms with Crippen LogP contribution in [-0.4, -0.2) is 5.11 Å². The molecule has 0 amide bonds. The summed E-state index contributed by atoms with van der Waals surface area (Å²) >= 11 is 7.74. The molecule has 2 rings (SSSR count). The first-order valence-electron chi connectivity index (χ1n) is 4.56. The molecule has 14 heavy (non-hydrogen) atoms. The first-order valence-corrected chi connectivity index (χ1v) is 5.82. The van der Waals surface area contributed by atoms with E-state index in [0.717, 1.165) is 27.1 Å². The van der Waals surface area contributed by atoms with Crippen LogP contribution >= 0.6 is 22.9 Å². The summed E-state index contributed by atoms with van der Waals surface area (Å²) in [5.74, 6) is 0. The van der Waals surface area contributed by atoms with Crippen LogP contribution in [-0.2, 0) is 13.0 Å². The van der Waals surface area contributed by atoms with E-state index >= 15 is 0 Å². The van der Waals surface area contributed by atoms with Crippen molar-refractivity contribution in [1.29, 1.82) is 0 Å². The van der Waals surface area contributed by atoms with E-state index in [4.69, 9.17) is 11.6 Å². The third kappa shape index (κ3) is 1.44. The van der Waals surface area contributed by atoms with Gasteiger partial charge in [0.1, 0.15) is 0 Å². The van der Waals surface area contributed by atoms with Gasteiger partial charge in [0, 0.05) is 5.39 Å². The van der Waals surface area contributed by atoms with E-state index in [-0.39, 0.29) is 6.61 Å². The molecule has 0 aliphatic heterocycles. The van der Waals surface area contributed by atoms with E-state index in [1.807, 2.05) is 12.1 Å². The summed E-state index contributed by atoms with van der Waals surface area (Å²) in [4.78, 5) is 0. The summed E-state index contributed by atoms with van der Waals surface area (Å²) in [5.41, 5.74) is 2.25. The maximum absolute atomic E-state index is 9.23. The zero-order valence-electron chi connectivity index (χ0n) is 7.88. The highest BCUT2D eigenvalue weighted by Gasteiger charge is 2.09. The topological polar surface area (TPSA) is 20.2 Å². The van der Waals surface area contributed by atoms with Gasteiger partial charge in [0.15, 0.2) is 0 Å². The predicted octanol–water partition coefficient (Wildman–Crippen LogP) is 3.61. The maximum atomic E-state index is 9.23. The van der Waals surface area contributed by atoms with Gasteiger partial charge in [-0.25, -0.2) is 0 Å². The molecule has 0 atom stereocenters. The molecule has 1 heterocycles. The first kappa shape index (κ1) is 9.97. The molecule has 2 aromatic rings. The molecule has 0 aliphatic carbocycles. The van der Waals surface area contributed by atoms with E-state index in [9.17, 15) is 5.11 Å². The molecule has 1 N–H and O–H groups in total. The summed E-state index contributed by atoms with van der Waals surface area (Å²) in [7, 11) is 0. The van der Waals surface area contributed by atoms with E-state index < -0.39 is 0 Å². The number of fused-ring (bicyclic) bond motifs is 1. The van der Waals surface area contributed by atoms with Crippen molar-refractivity contribution < 1.29 is 5.11 Å². The zero-order valence-corrected chi connectivity index (χ0v) is 9.45. The molecule has 1 nitrogen and oxygen atoms in total. The Kier molecular flexibility index (Phi) is 2.77. The fourth-order valence-corrected chi connectivity index (χ4v) is 3.04. The van der Waals surface area contributed by atoms with Crippen LogP contribution in [0.1, 0.15) is 18.1 Å². The highest BCUT2D eigenvalue weighted by molar-refractivity contribution is 7.18. The molecular weight excluding hydrogens is 216 g/mol. The van der Waals surface area contributed by atoms with Crippen molar-refractivity contribution in [3.63, 3.8) is 0 Å². The van der Waals surface area contributed by atoms with E-state index in [1.165, 1.54) is 5.56 Å². The number of hydrogen-bond donors (Lipinski definition) is 1. The number of benzene rings is 1. The largest absolute Gasteiger partial charge is 0.392 e. The Morgan fingerprint density at radius 1 is 1.36 bits per heavy atom.